The van der Waals surface area contributed by atoms with E-state index >= 15 is 0 Å². The van der Waals surface area contributed by atoms with Crippen molar-refractivity contribution >= 4 is 40.2 Å². The third-order valence-electron chi connectivity index (χ3n) is 6.30. The normalized spacial score (nSPS) is 14.5. The number of hydrogen-bond acceptors (Lipinski definition) is 3. The molecule has 37 heavy (non-hydrogen) atoms. The Morgan fingerprint density at radius 1 is 0.973 bits per heavy atom. The fourth-order valence-corrected chi connectivity index (χ4v) is 4.84. The van der Waals surface area contributed by atoms with Crippen molar-refractivity contribution in [1.29, 1.82) is 0 Å². The highest BCUT2D eigenvalue weighted by molar-refractivity contribution is 6.31. The fraction of sp³-hybridized carbons (Fsp3) is 0.300. The van der Waals surface area contributed by atoms with Crippen LogP contribution in [0.4, 0.5) is 4.79 Å². The highest BCUT2D eigenvalue weighted by atomic mass is 35.5. The summed E-state index contributed by atoms with van der Waals surface area (Å²) in [7, 11) is 0. The summed E-state index contributed by atoms with van der Waals surface area (Å²) in [4.78, 5) is 18.7. The zero-order valence-electron chi connectivity index (χ0n) is 21.4. The summed E-state index contributed by atoms with van der Waals surface area (Å²) in [6, 6.07) is 20.2. The molecule has 3 aromatic carbocycles. The molecule has 194 valence electrons. The van der Waals surface area contributed by atoms with Crippen LogP contribution in [0.25, 0.3) is 10.9 Å². The summed E-state index contributed by atoms with van der Waals surface area (Å²) in [5.74, 6) is 1.27. The minimum absolute atomic E-state index is 0.339. The molecule has 2 heterocycles. The summed E-state index contributed by atoms with van der Waals surface area (Å²) < 4.78 is 11.6. The van der Waals surface area contributed by atoms with Crippen LogP contribution in [0.2, 0.25) is 10.0 Å². The SMILES string of the molecule is CC.CCCCOc1ccc(C2c3[nH]c4ccc(Cl)cc4c3CCN2C(=O)Oc2ccc(Cl)cc2)cc1. The van der Waals surface area contributed by atoms with E-state index in [2.05, 4.69) is 11.9 Å². The van der Waals surface area contributed by atoms with Crippen LogP contribution in [-0.4, -0.2) is 29.1 Å². The van der Waals surface area contributed by atoms with E-state index in [1.165, 1.54) is 5.56 Å². The molecule has 5 rings (SSSR count). The van der Waals surface area contributed by atoms with E-state index in [1.54, 1.807) is 29.2 Å². The van der Waals surface area contributed by atoms with Crippen molar-refractivity contribution in [2.24, 2.45) is 0 Å². The van der Waals surface area contributed by atoms with E-state index in [1.807, 2.05) is 56.3 Å². The molecule has 1 aliphatic rings. The monoisotopic (exact) mass is 538 g/mol. The summed E-state index contributed by atoms with van der Waals surface area (Å²) in [5, 5.41) is 2.36. The van der Waals surface area contributed by atoms with Crippen molar-refractivity contribution in [2.75, 3.05) is 13.2 Å². The van der Waals surface area contributed by atoms with Gasteiger partial charge < -0.3 is 14.5 Å². The van der Waals surface area contributed by atoms with Crippen molar-refractivity contribution in [1.82, 2.24) is 9.88 Å². The molecule has 1 unspecified atom stereocenters. The van der Waals surface area contributed by atoms with Crippen molar-refractivity contribution in [3.8, 4) is 11.5 Å². The van der Waals surface area contributed by atoms with E-state index in [4.69, 9.17) is 32.7 Å². The number of H-pyrrole nitrogens is 1. The number of benzene rings is 3. The minimum atomic E-state index is -0.414. The summed E-state index contributed by atoms with van der Waals surface area (Å²) in [6.45, 7) is 7.34. The van der Waals surface area contributed by atoms with E-state index in [9.17, 15) is 4.79 Å². The summed E-state index contributed by atoms with van der Waals surface area (Å²) in [6.07, 6.45) is 2.37. The first kappa shape index (κ1) is 26.9. The molecule has 1 aliphatic heterocycles. The smallest absolute Gasteiger partial charge is 0.416 e. The van der Waals surface area contributed by atoms with Gasteiger partial charge in [0.2, 0.25) is 0 Å². The number of rotatable bonds is 6. The number of unbranched alkanes of at least 4 members (excludes halogenated alkanes) is 1. The zero-order valence-corrected chi connectivity index (χ0v) is 22.9. The van der Waals surface area contributed by atoms with Gasteiger partial charge in [-0.25, -0.2) is 4.79 Å². The second-order valence-electron chi connectivity index (χ2n) is 8.65. The fourth-order valence-electron chi connectivity index (χ4n) is 4.55. The van der Waals surface area contributed by atoms with Crippen molar-refractivity contribution in [3.63, 3.8) is 0 Å². The molecule has 7 heteroatoms. The van der Waals surface area contributed by atoms with E-state index in [-0.39, 0.29) is 6.04 Å². The molecule has 0 bridgehead atoms. The second kappa shape index (κ2) is 12.4. The van der Waals surface area contributed by atoms with E-state index in [0.717, 1.165) is 40.8 Å². The lowest BCUT2D eigenvalue weighted by Crippen LogP contribution is -2.42. The van der Waals surface area contributed by atoms with Crippen LogP contribution in [0.1, 0.15) is 56.5 Å². The number of aromatic nitrogens is 1. The Morgan fingerprint density at radius 2 is 1.65 bits per heavy atom. The standard InChI is InChI=1S/C28H26Cl2N2O3.C2H6/c1-2-3-16-34-21-9-4-18(5-10-21)27-26-23(24-17-20(30)8-13-25(24)31-26)14-15-32(27)28(33)35-22-11-6-19(29)7-12-22;1-2/h4-13,17,27,31H,2-3,14-16H2,1H3;1-2H3. The van der Waals surface area contributed by atoms with Gasteiger partial charge >= 0.3 is 6.09 Å². The molecule has 1 amide bonds. The van der Waals surface area contributed by atoms with Gasteiger partial charge in [-0.15, -0.1) is 0 Å². The second-order valence-corrected chi connectivity index (χ2v) is 9.52. The van der Waals surface area contributed by atoms with Gasteiger partial charge in [0.25, 0.3) is 0 Å². The highest BCUT2D eigenvalue weighted by Crippen LogP contribution is 2.40. The number of fused-ring (bicyclic) bond motifs is 3. The number of ether oxygens (including phenoxy) is 2. The van der Waals surface area contributed by atoms with Gasteiger partial charge in [-0.05, 0) is 78.6 Å². The molecule has 4 aromatic rings. The number of carbonyl (C=O) groups is 1. The van der Waals surface area contributed by atoms with Gasteiger partial charge in [0.1, 0.15) is 17.5 Å². The van der Waals surface area contributed by atoms with Crippen LogP contribution in [0.5, 0.6) is 11.5 Å². The number of amides is 1. The van der Waals surface area contributed by atoms with Crippen LogP contribution in [-0.2, 0) is 6.42 Å². The van der Waals surface area contributed by atoms with Crippen molar-refractivity contribution in [3.05, 3.63) is 93.6 Å². The molecular weight excluding hydrogens is 507 g/mol. The maximum absolute atomic E-state index is 13.4. The molecule has 0 spiro atoms. The van der Waals surface area contributed by atoms with Crippen LogP contribution < -0.4 is 9.47 Å². The largest absolute Gasteiger partial charge is 0.494 e. The minimum Gasteiger partial charge on any atom is -0.494 e. The average molecular weight is 540 g/mol. The van der Waals surface area contributed by atoms with Gasteiger partial charge in [-0.1, -0.05) is 62.5 Å². The Balaban J connectivity index is 0.00000156. The number of nitrogens with one attached hydrogen (secondary N) is 1. The third kappa shape index (κ3) is 6.06. The number of halogens is 2. The molecule has 1 atom stereocenters. The Kier molecular flexibility index (Phi) is 9.01. The first-order valence-electron chi connectivity index (χ1n) is 12.8. The number of nitrogens with zero attached hydrogens (tertiary/aromatic N) is 1. The van der Waals surface area contributed by atoms with Crippen LogP contribution in [0.3, 0.4) is 0 Å². The lowest BCUT2D eigenvalue weighted by atomic mass is 9.92. The van der Waals surface area contributed by atoms with Crippen LogP contribution >= 0.6 is 23.2 Å². The zero-order chi connectivity index (χ0) is 26.4. The predicted molar refractivity (Wildman–Crippen MR) is 151 cm³/mol. The van der Waals surface area contributed by atoms with Gasteiger partial charge in [0.05, 0.1) is 6.61 Å². The first-order chi connectivity index (χ1) is 18.0. The summed E-state index contributed by atoms with van der Waals surface area (Å²) >= 11 is 12.3. The maximum Gasteiger partial charge on any atom is 0.416 e. The number of carbonyl (C=O) groups excluding carboxylic acids is 1. The van der Waals surface area contributed by atoms with Crippen LogP contribution in [0.15, 0.2) is 66.7 Å². The molecule has 5 nitrogen and oxygen atoms in total. The lowest BCUT2D eigenvalue weighted by molar-refractivity contribution is 0.135. The molecule has 1 aromatic heterocycles. The number of hydrogen-bond donors (Lipinski definition) is 1. The predicted octanol–water partition coefficient (Wildman–Crippen LogP) is 8.83. The van der Waals surface area contributed by atoms with E-state index in [0.29, 0.717) is 35.4 Å². The molecule has 0 saturated carbocycles. The highest BCUT2D eigenvalue weighted by Gasteiger charge is 2.35. The Morgan fingerprint density at radius 3 is 2.35 bits per heavy atom. The van der Waals surface area contributed by atoms with Gasteiger partial charge in [0, 0.05) is 33.2 Å². The quantitative estimate of drug-likeness (QED) is 0.249. The first-order valence-corrected chi connectivity index (χ1v) is 13.6. The molecule has 0 aliphatic carbocycles. The maximum atomic E-state index is 13.4. The molecule has 0 saturated heterocycles. The van der Waals surface area contributed by atoms with Gasteiger partial charge in [-0.3, -0.25) is 4.90 Å². The van der Waals surface area contributed by atoms with Crippen molar-refractivity contribution in [2.45, 2.75) is 46.1 Å². The number of aromatic amines is 1. The molecule has 0 radical (unpaired) electrons. The van der Waals surface area contributed by atoms with Gasteiger partial charge in [-0.2, -0.15) is 0 Å². The molecular formula is C30H32Cl2N2O3. The van der Waals surface area contributed by atoms with Crippen molar-refractivity contribution < 1.29 is 14.3 Å². The Bertz CT molecular complexity index is 1330. The molecule has 1 N–H and O–H groups in total. The lowest BCUT2D eigenvalue weighted by Gasteiger charge is -2.35. The molecule has 0 fully saturated rings. The Labute approximate surface area is 228 Å². The van der Waals surface area contributed by atoms with Crippen LogP contribution in [0, 0.1) is 0 Å². The van der Waals surface area contributed by atoms with E-state index < -0.39 is 6.09 Å². The average Bonchev–Trinajstić information content (AvgIpc) is 3.29. The third-order valence-corrected chi connectivity index (χ3v) is 6.79. The summed E-state index contributed by atoms with van der Waals surface area (Å²) in [5.41, 5.74) is 4.11. The Hall–Kier alpha value is -3.15. The van der Waals surface area contributed by atoms with Gasteiger partial charge in [0.15, 0.2) is 0 Å². The topological polar surface area (TPSA) is 54.6 Å².